The number of benzene rings is 3. The number of rotatable bonds is 6. The molecule has 0 saturated carbocycles. The summed E-state index contributed by atoms with van der Waals surface area (Å²) < 4.78 is 0. The Morgan fingerprint density at radius 2 is 1.24 bits per heavy atom. The van der Waals surface area contributed by atoms with E-state index in [1.165, 1.54) is 0 Å². The third-order valence-corrected chi connectivity index (χ3v) is 5.28. The molecule has 3 aromatic rings. The third kappa shape index (κ3) is 4.31. The lowest BCUT2D eigenvalue weighted by molar-refractivity contribution is -0.117. The predicted octanol–water partition coefficient (Wildman–Crippen LogP) is 5.92. The molecule has 25 heavy (non-hydrogen) atoms. The summed E-state index contributed by atoms with van der Waals surface area (Å²) in [5.74, 6) is 0.105. The van der Waals surface area contributed by atoms with Crippen LogP contribution in [0.4, 0.5) is 11.4 Å². The van der Waals surface area contributed by atoms with E-state index in [1.807, 2.05) is 83.8 Å². The van der Waals surface area contributed by atoms with Crippen LogP contribution in [0.25, 0.3) is 0 Å². The van der Waals surface area contributed by atoms with Crippen molar-refractivity contribution in [3.8, 4) is 0 Å². The zero-order valence-corrected chi connectivity index (χ0v) is 15.0. The van der Waals surface area contributed by atoms with E-state index in [4.69, 9.17) is 0 Å². The van der Waals surface area contributed by atoms with Crippen molar-refractivity contribution in [2.24, 2.45) is 0 Å². The van der Waals surface area contributed by atoms with Crippen molar-refractivity contribution in [2.45, 2.75) is 23.5 Å². The van der Waals surface area contributed by atoms with Gasteiger partial charge in [0.25, 0.3) is 0 Å². The van der Waals surface area contributed by atoms with Crippen LogP contribution in [0.1, 0.15) is 13.3 Å². The number of thioether (sulfide) groups is 1. The fourth-order valence-electron chi connectivity index (χ4n) is 2.67. The van der Waals surface area contributed by atoms with Crippen molar-refractivity contribution in [2.75, 3.05) is 4.90 Å². The predicted molar refractivity (Wildman–Crippen MR) is 106 cm³/mol. The van der Waals surface area contributed by atoms with Gasteiger partial charge in [0.2, 0.25) is 5.91 Å². The van der Waals surface area contributed by atoms with Crippen LogP contribution in [-0.2, 0) is 4.79 Å². The number of hydrogen-bond donors (Lipinski definition) is 0. The first-order chi connectivity index (χ1) is 12.3. The summed E-state index contributed by atoms with van der Waals surface area (Å²) in [5, 5.41) is -0.136. The minimum atomic E-state index is -0.136. The van der Waals surface area contributed by atoms with Crippen LogP contribution in [0.5, 0.6) is 0 Å². The van der Waals surface area contributed by atoms with E-state index >= 15 is 0 Å². The Labute approximate surface area is 153 Å². The highest BCUT2D eigenvalue weighted by Crippen LogP contribution is 2.32. The van der Waals surface area contributed by atoms with Gasteiger partial charge in [0.15, 0.2) is 0 Å². The lowest BCUT2D eigenvalue weighted by atomic mass is 10.2. The fraction of sp³-hybridized carbons (Fsp3) is 0.136. The van der Waals surface area contributed by atoms with Gasteiger partial charge in [0, 0.05) is 16.3 Å². The molecule has 0 aliphatic heterocycles. The second-order valence-electron chi connectivity index (χ2n) is 5.67. The topological polar surface area (TPSA) is 20.3 Å². The van der Waals surface area contributed by atoms with Gasteiger partial charge in [-0.05, 0) is 42.8 Å². The molecule has 0 saturated heterocycles. The van der Waals surface area contributed by atoms with E-state index in [0.29, 0.717) is 0 Å². The molecule has 2 nitrogen and oxygen atoms in total. The van der Waals surface area contributed by atoms with Gasteiger partial charge < -0.3 is 0 Å². The summed E-state index contributed by atoms with van der Waals surface area (Å²) in [6, 6.07) is 29.8. The number of para-hydroxylation sites is 2. The molecule has 1 atom stereocenters. The van der Waals surface area contributed by atoms with Gasteiger partial charge in [-0.3, -0.25) is 9.69 Å². The van der Waals surface area contributed by atoms with E-state index in [9.17, 15) is 4.79 Å². The van der Waals surface area contributed by atoms with E-state index in [2.05, 4.69) is 19.1 Å². The van der Waals surface area contributed by atoms with Gasteiger partial charge in [-0.15, -0.1) is 11.8 Å². The molecule has 0 fully saturated rings. The van der Waals surface area contributed by atoms with E-state index in [-0.39, 0.29) is 11.2 Å². The van der Waals surface area contributed by atoms with Crippen LogP contribution in [-0.4, -0.2) is 11.2 Å². The fourth-order valence-corrected chi connectivity index (χ4v) is 3.69. The molecule has 3 heteroatoms. The van der Waals surface area contributed by atoms with Crippen LogP contribution >= 0.6 is 11.8 Å². The number of hydrogen-bond acceptors (Lipinski definition) is 2. The smallest absolute Gasteiger partial charge is 0.245 e. The second kappa shape index (κ2) is 8.54. The van der Waals surface area contributed by atoms with Gasteiger partial charge in [-0.2, -0.15) is 0 Å². The molecule has 0 aliphatic carbocycles. The molecule has 0 N–H and O–H groups in total. The summed E-state index contributed by atoms with van der Waals surface area (Å²) >= 11 is 1.62. The molecular weight excluding hydrogens is 326 g/mol. The molecule has 1 unspecified atom stereocenters. The second-order valence-corrected chi connectivity index (χ2v) is 6.95. The van der Waals surface area contributed by atoms with Crippen LogP contribution in [0.2, 0.25) is 0 Å². The lowest BCUT2D eigenvalue weighted by Crippen LogP contribution is -2.34. The molecule has 0 aromatic heterocycles. The first-order valence-corrected chi connectivity index (χ1v) is 9.33. The van der Waals surface area contributed by atoms with Crippen molar-refractivity contribution in [1.29, 1.82) is 0 Å². The van der Waals surface area contributed by atoms with Crippen molar-refractivity contribution in [3.05, 3.63) is 91.0 Å². The normalized spacial score (nSPS) is 11.7. The van der Waals surface area contributed by atoms with Crippen molar-refractivity contribution in [3.63, 3.8) is 0 Å². The first kappa shape index (κ1) is 17.3. The minimum absolute atomic E-state index is 0.105. The van der Waals surface area contributed by atoms with Crippen LogP contribution in [0, 0.1) is 0 Å². The molecule has 0 aliphatic rings. The zero-order chi connectivity index (χ0) is 17.5. The highest BCUT2D eigenvalue weighted by Gasteiger charge is 2.26. The van der Waals surface area contributed by atoms with Gasteiger partial charge in [-0.25, -0.2) is 0 Å². The Bertz CT molecular complexity index is 751. The van der Waals surface area contributed by atoms with Crippen LogP contribution in [0.3, 0.4) is 0 Å². The van der Waals surface area contributed by atoms with E-state index in [0.717, 1.165) is 22.7 Å². The Morgan fingerprint density at radius 1 is 0.800 bits per heavy atom. The first-order valence-electron chi connectivity index (χ1n) is 8.45. The third-order valence-electron chi connectivity index (χ3n) is 3.92. The number of nitrogens with zero attached hydrogens (tertiary/aromatic N) is 1. The summed E-state index contributed by atoms with van der Waals surface area (Å²) in [4.78, 5) is 16.3. The quantitative estimate of drug-likeness (QED) is 0.516. The SMILES string of the molecule is CCC(Sc1ccccc1)C(=O)N(c1ccccc1)c1ccccc1. The monoisotopic (exact) mass is 347 g/mol. The Hall–Kier alpha value is -2.52. The van der Waals surface area contributed by atoms with Crippen LogP contribution < -0.4 is 4.90 Å². The minimum Gasteiger partial charge on any atom is -0.280 e. The van der Waals surface area contributed by atoms with Crippen LogP contribution in [0.15, 0.2) is 95.9 Å². The molecule has 3 rings (SSSR count). The highest BCUT2D eigenvalue weighted by atomic mass is 32.2. The average molecular weight is 347 g/mol. The number of carbonyl (C=O) groups excluding carboxylic acids is 1. The van der Waals surface area contributed by atoms with Crippen molar-refractivity contribution in [1.82, 2.24) is 0 Å². The van der Waals surface area contributed by atoms with Gasteiger partial charge in [0.1, 0.15) is 0 Å². The van der Waals surface area contributed by atoms with Gasteiger partial charge in [-0.1, -0.05) is 61.5 Å². The van der Waals surface area contributed by atoms with Crippen molar-refractivity contribution >= 4 is 29.0 Å². The number of anilines is 2. The molecule has 1 amide bonds. The summed E-state index contributed by atoms with van der Waals surface area (Å²) in [6.45, 7) is 2.06. The zero-order valence-electron chi connectivity index (χ0n) is 14.2. The maximum Gasteiger partial charge on any atom is 0.245 e. The Balaban J connectivity index is 1.93. The summed E-state index contributed by atoms with van der Waals surface area (Å²) in [5.41, 5.74) is 1.79. The molecule has 0 heterocycles. The number of amides is 1. The maximum atomic E-state index is 13.4. The molecule has 0 radical (unpaired) electrons. The lowest BCUT2D eigenvalue weighted by Gasteiger charge is -2.27. The van der Waals surface area contributed by atoms with Crippen molar-refractivity contribution < 1.29 is 4.79 Å². The molecule has 0 bridgehead atoms. The largest absolute Gasteiger partial charge is 0.280 e. The van der Waals surface area contributed by atoms with E-state index in [1.54, 1.807) is 11.8 Å². The summed E-state index contributed by atoms with van der Waals surface area (Å²) in [6.07, 6.45) is 0.772. The summed E-state index contributed by atoms with van der Waals surface area (Å²) in [7, 11) is 0. The highest BCUT2D eigenvalue weighted by molar-refractivity contribution is 8.00. The standard InChI is InChI=1S/C22H21NOS/c1-2-21(25-20-16-10-5-11-17-20)22(24)23(18-12-6-3-7-13-18)19-14-8-4-9-15-19/h3-17,21H,2H2,1H3. The number of carbonyl (C=O) groups is 1. The Morgan fingerprint density at radius 3 is 1.68 bits per heavy atom. The van der Waals surface area contributed by atoms with E-state index < -0.39 is 0 Å². The molecule has 3 aromatic carbocycles. The maximum absolute atomic E-state index is 13.4. The molecular formula is C22H21NOS. The molecule has 0 spiro atoms. The Kier molecular flexibility index (Phi) is 5.91. The molecule has 126 valence electrons. The average Bonchev–Trinajstić information content (AvgIpc) is 2.69. The van der Waals surface area contributed by atoms with Gasteiger partial charge >= 0.3 is 0 Å². The van der Waals surface area contributed by atoms with Gasteiger partial charge in [0.05, 0.1) is 5.25 Å².